The Hall–Kier alpha value is -1.08. The fraction of sp³-hybridized carbons (Fsp3) is 0.500. The van der Waals surface area contributed by atoms with Crippen LogP contribution in [0.15, 0.2) is 30.3 Å². The van der Waals surface area contributed by atoms with E-state index >= 15 is 0 Å². The molecule has 0 radical (unpaired) electrons. The van der Waals surface area contributed by atoms with Gasteiger partial charge in [-0.15, -0.1) is 0 Å². The van der Waals surface area contributed by atoms with E-state index in [1.807, 2.05) is 0 Å². The van der Waals surface area contributed by atoms with Gasteiger partial charge in [0.1, 0.15) is 0 Å². The standard InChI is InChI=1S/C16H24O/c1-4-5-7-15-9-11-16(12-10-15)8-6-13-17-14(2)3/h6,8-12,14H,4-5,7,13H2,1-3H3. The summed E-state index contributed by atoms with van der Waals surface area (Å²) in [6.45, 7) is 7.02. The summed E-state index contributed by atoms with van der Waals surface area (Å²) in [7, 11) is 0. The van der Waals surface area contributed by atoms with E-state index < -0.39 is 0 Å². The molecule has 0 heterocycles. The molecule has 17 heavy (non-hydrogen) atoms. The maximum absolute atomic E-state index is 5.45. The first-order valence-corrected chi connectivity index (χ1v) is 6.59. The Morgan fingerprint density at radius 1 is 1.18 bits per heavy atom. The lowest BCUT2D eigenvalue weighted by Crippen LogP contribution is -2.01. The highest BCUT2D eigenvalue weighted by Crippen LogP contribution is 2.09. The number of benzene rings is 1. The van der Waals surface area contributed by atoms with E-state index in [2.05, 4.69) is 57.2 Å². The summed E-state index contributed by atoms with van der Waals surface area (Å²) < 4.78 is 5.45. The van der Waals surface area contributed by atoms with Gasteiger partial charge in [0.15, 0.2) is 0 Å². The molecule has 0 aliphatic carbocycles. The van der Waals surface area contributed by atoms with Gasteiger partial charge in [0.2, 0.25) is 0 Å². The molecule has 0 N–H and O–H groups in total. The van der Waals surface area contributed by atoms with Crippen molar-refractivity contribution in [3.8, 4) is 0 Å². The maximum atomic E-state index is 5.45. The lowest BCUT2D eigenvalue weighted by atomic mass is 10.1. The molecule has 1 nitrogen and oxygen atoms in total. The van der Waals surface area contributed by atoms with Gasteiger partial charge in [-0.05, 0) is 37.8 Å². The van der Waals surface area contributed by atoms with Gasteiger partial charge in [0.05, 0.1) is 12.7 Å². The Labute approximate surface area is 106 Å². The minimum absolute atomic E-state index is 0.302. The molecule has 0 fully saturated rings. The summed E-state index contributed by atoms with van der Waals surface area (Å²) in [4.78, 5) is 0. The Bertz CT molecular complexity index is 322. The van der Waals surface area contributed by atoms with Crippen molar-refractivity contribution in [2.24, 2.45) is 0 Å². The lowest BCUT2D eigenvalue weighted by Gasteiger charge is -2.03. The van der Waals surface area contributed by atoms with Crippen LogP contribution in [0, 0.1) is 0 Å². The van der Waals surface area contributed by atoms with Crippen molar-refractivity contribution in [1.29, 1.82) is 0 Å². The highest BCUT2D eigenvalue weighted by molar-refractivity contribution is 5.49. The van der Waals surface area contributed by atoms with E-state index in [4.69, 9.17) is 4.74 Å². The van der Waals surface area contributed by atoms with Gasteiger partial charge >= 0.3 is 0 Å². The van der Waals surface area contributed by atoms with Gasteiger partial charge < -0.3 is 4.74 Å². The van der Waals surface area contributed by atoms with Crippen LogP contribution in [0.25, 0.3) is 6.08 Å². The zero-order chi connectivity index (χ0) is 12.5. The molecule has 94 valence electrons. The van der Waals surface area contributed by atoms with Gasteiger partial charge in [-0.3, -0.25) is 0 Å². The van der Waals surface area contributed by atoms with E-state index in [1.165, 1.54) is 30.4 Å². The average molecular weight is 232 g/mol. The number of unbranched alkanes of at least 4 members (excludes halogenated alkanes) is 1. The fourth-order valence-electron chi connectivity index (χ4n) is 1.61. The number of ether oxygens (including phenoxy) is 1. The fourth-order valence-corrected chi connectivity index (χ4v) is 1.61. The van der Waals surface area contributed by atoms with E-state index in [1.54, 1.807) is 0 Å². The summed E-state index contributed by atoms with van der Waals surface area (Å²) in [5, 5.41) is 0. The second-order valence-electron chi connectivity index (χ2n) is 4.63. The van der Waals surface area contributed by atoms with Gasteiger partial charge in [-0.1, -0.05) is 49.8 Å². The van der Waals surface area contributed by atoms with Crippen LogP contribution >= 0.6 is 0 Å². The minimum Gasteiger partial charge on any atom is -0.375 e. The zero-order valence-electron chi connectivity index (χ0n) is 11.3. The van der Waals surface area contributed by atoms with Crippen LogP contribution in [0.5, 0.6) is 0 Å². The largest absolute Gasteiger partial charge is 0.375 e. The third kappa shape index (κ3) is 6.28. The van der Waals surface area contributed by atoms with Crippen LogP contribution in [-0.4, -0.2) is 12.7 Å². The molecular formula is C16H24O. The molecule has 0 aromatic heterocycles. The van der Waals surface area contributed by atoms with Crippen molar-refractivity contribution in [1.82, 2.24) is 0 Å². The number of hydrogen-bond acceptors (Lipinski definition) is 1. The van der Waals surface area contributed by atoms with Crippen LogP contribution in [0.4, 0.5) is 0 Å². The molecule has 1 aromatic rings. The molecule has 1 heteroatoms. The normalized spacial score (nSPS) is 11.5. The third-order valence-corrected chi connectivity index (χ3v) is 2.63. The van der Waals surface area contributed by atoms with Crippen molar-refractivity contribution in [3.05, 3.63) is 41.5 Å². The summed E-state index contributed by atoms with van der Waals surface area (Å²) in [6, 6.07) is 8.80. The average Bonchev–Trinajstić information content (AvgIpc) is 2.33. The SMILES string of the molecule is CCCCc1ccc(C=CCOC(C)C)cc1. The van der Waals surface area contributed by atoms with Crippen LogP contribution < -0.4 is 0 Å². The van der Waals surface area contributed by atoms with Crippen LogP contribution in [-0.2, 0) is 11.2 Å². The quantitative estimate of drug-likeness (QED) is 0.674. The molecule has 0 saturated heterocycles. The first kappa shape index (κ1) is 14.0. The van der Waals surface area contributed by atoms with E-state index in [0.29, 0.717) is 12.7 Å². The summed E-state index contributed by atoms with van der Waals surface area (Å²) in [5.74, 6) is 0. The molecule has 0 saturated carbocycles. The molecule has 0 aliphatic heterocycles. The Kier molecular flexibility index (Phi) is 6.64. The molecule has 0 aliphatic rings. The Morgan fingerprint density at radius 2 is 1.88 bits per heavy atom. The molecule has 0 unspecified atom stereocenters. The van der Waals surface area contributed by atoms with Crippen molar-refractivity contribution >= 4 is 6.08 Å². The van der Waals surface area contributed by atoms with Crippen LogP contribution in [0.1, 0.15) is 44.7 Å². The Balaban J connectivity index is 2.39. The first-order chi connectivity index (χ1) is 8.22. The molecular weight excluding hydrogens is 208 g/mol. The lowest BCUT2D eigenvalue weighted by molar-refractivity contribution is 0.103. The predicted octanol–water partition coefficient (Wildman–Crippen LogP) is 4.47. The predicted molar refractivity (Wildman–Crippen MR) is 75.2 cm³/mol. The van der Waals surface area contributed by atoms with E-state index in [0.717, 1.165) is 0 Å². The summed E-state index contributed by atoms with van der Waals surface area (Å²) >= 11 is 0. The second-order valence-corrected chi connectivity index (χ2v) is 4.63. The first-order valence-electron chi connectivity index (χ1n) is 6.59. The van der Waals surface area contributed by atoms with E-state index in [-0.39, 0.29) is 0 Å². The number of rotatable bonds is 7. The van der Waals surface area contributed by atoms with Crippen molar-refractivity contribution in [3.63, 3.8) is 0 Å². The van der Waals surface area contributed by atoms with Gasteiger partial charge in [0, 0.05) is 0 Å². The zero-order valence-corrected chi connectivity index (χ0v) is 11.3. The maximum Gasteiger partial charge on any atom is 0.0654 e. The number of aryl methyl sites for hydroxylation is 1. The highest BCUT2D eigenvalue weighted by Gasteiger charge is 1.92. The highest BCUT2D eigenvalue weighted by atomic mass is 16.5. The van der Waals surface area contributed by atoms with Gasteiger partial charge in [-0.25, -0.2) is 0 Å². The monoisotopic (exact) mass is 232 g/mol. The molecule has 1 aromatic carbocycles. The molecule has 1 rings (SSSR count). The molecule has 0 bridgehead atoms. The van der Waals surface area contributed by atoms with Crippen LogP contribution in [0.2, 0.25) is 0 Å². The summed E-state index contributed by atoms with van der Waals surface area (Å²) in [6.07, 6.45) is 8.21. The topological polar surface area (TPSA) is 9.23 Å². The summed E-state index contributed by atoms with van der Waals surface area (Å²) in [5.41, 5.74) is 2.68. The van der Waals surface area contributed by atoms with Crippen molar-refractivity contribution in [2.75, 3.05) is 6.61 Å². The van der Waals surface area contributed by atoms with Crippen molar-refractivity contribution in [2.45, 2.75) is 46.1 Å². The molecule has 0 spiro atoms. The van der Waals surface area contributed by atoms with Gasteiger partial charge in [-0.2, -0.15) is 0 Å². The van der Waals surface area contributed by atoms with Crippen molar-refractivity contribution < 1.29 is 4.74 Å². The smallest absolute Gasteiger partial charge is 0.0654 e. The molecule has 0 atom stereocenters. The second kappa shape index (κ2) is 8.08. The van der Waals surface area contributed by atoms with Crippen LogP contribution in [0.3, 0.4) is 0 Å². The Morgan fingerprint density at radius 3 is 2.47 bits per heavy atom. The number of hydrogen-bond donors (Lipinski definition) is 0. The minimum atomic E-state index is 0.302. The molecule has 0 amide bonds. The van der Waals surface area contributed by atoms with E-state index in [9.17, 15) is 0 Å². The third-order valence-electron chi connectivity index (χ3n) is 2.63. The van der Waals surface area contributed by atoms with Gasteiger partial charge in [0.25, 0.3) is 0 Å².